The van der Waals surface area contributed by atoms with Gasteiger partial charge in [0.1, 0.15) is 0 Å². The minimum atomic E-state index is 0.150. The Labute approximate surface area is 213 Å². The second-order valence-corrected chi connectivity index (χ2v) is 11.9. The summed E-state index contributed by atoms with van der Waals surface area (Å²) in [5, 5.41) is 1.98. The zero-order valence-corrected chi connectivity index (χ0v) is 21.8. The van der Waals surface area contributed by atoms with E-state index in [-0.39, 0.29) is 11.8 Å². The SMILES string of the molecule is CC1(C)C2CC=C(CN(CCN3CCN(C(=O)Cc4ccccc4)CC3)C(=O)c3cccs3)C1C2. The molecule has 35 heavy (non-hydrogen) atoms. The van der Waals surface area contributed by atoms with Crippen LogP contribution in [0.15, 0.2) is 59.5 Å². The van der Waals surface area contributed by atoms with Crippen molar-refractivity contribution in [2.75, 3.05) is 45.8 Å². The molecule has 6 heteroatoms. The Morgan fingerprint density at radius 2 is 1.83 bits per heavy atom. The van der Waals surface area contributed by atoms with Crippen LogP contribution in [0.5, 0.6) is 0 Å². The fourth-order valence-corrected chi connectivity index (χ4v) is 6.74. The number of carbonyl (C=O) groups is 2. The van der Waals surface area contributed by atoms with E-state index >= 15 is 0 Å². The molecule has 2 atom stereocenters. The summed E-state index contributed by atoms with van der Waals surface area (Å²) in [6.07, 6.45) is 5.31. The molecule has 0 N–H and O–H groups in total. The van der Waals surface area contributed by atoms with E-state index in [1.807, 2.05) is 52.7 Å². The van der Waals surface area contributed by atoms with Crippen molar-refractivity contribution in [1.29, 1.82) is 0 Å². The first-order valence-corrected chi connectivity index (χ1v) is 13.9. The van der Waals surface area contributed by atoms with Gasteiger partial charge in [-0.3, -0.25) is 14.5 Å². The number of benzene rings is 1. The first-order valence-electron chi connectivity index (χ1n) is 13.0. The van der Waals surface area contributed by atoms with Crippen molar-refractivity contribution in [2.45, 2.75) is 33.1 Å². The third-order valence-corrected chi connectivity index (χ3v) is 9.44. The van der Waals surface area contributed by atoms with Crippen LogP contribution in [0.1, 0.15) is 41.9 Å². The first-order chi connectivity index (χ1) is 16.9. The van der Waals surface area contributed by atoms with Crippen molar-refractivity contribution in [3.63, 3.8) is 0 Å². The monoisotopic (exact) mass is 491 g/mol. The maximum absolute atomic E-state index is 13.4. The van der Waals surface area contributed by atoms with Gasteiger partial charge in [-0.25, -0.2) is 0 Å². The molecule has 1 aromatic heterocycles. The molecule has 0 radical (unpaired) electrons. The molecule has 2 unspecified atom stereocenters. The number of amides is 2. The quantitative estimate of drug-likeness (QED) is 0.508. The van der Waals surface area contributed by atoms with Gasteiger partial charge < -0.3 is 9.80 Å². The summed E-state index contributed by atoms with van der Waals surface area (Å²) in [5.41, 5.74) is 2.89. The van der Waals surface area contributed by atoms with Gasteiger partial charge in [0.2, 0.25) is 5.91 Å². The van der Waals surface area contributed by atoms with E-state index < -0.39 is 0 Å². The van der Waals surface area contributed by atoms with E-state index in [1.165, 1.54) is 23.3 Å². The van der Waals surface area contributed by atoms with Gasteiger partial charge in [-0.2, -0.15) is 0 Å². The van der Waals surface area contributed by atoms with Crippen LogP contribution >= 0.6 is 11.3 Å². The van der Waals surface area contributed by atoms with Gasteiger partial charge in [0, 0.05) is 45.8 Å². The number of rotatable bonds is 8. The highest BCUT2D eigenvalue weighted by Crippen LogP contribution is 2.59. The molecule has 5 nitrogen and oxygen atoms in total. The van der Waals surface area contributed by atoms with Gasteiger partial charge in [0.05, 0.1) is 11.3 Å². The van der Waals surface area contributed by atoms with Crippen LogP contribution in [0, 0.1) is 17.3 Å². The fraction of sp³-hybridized carbons (Fsp3) is 0.517. The number of nitrogens with zero attached hydrogens (tertiary/aromatic N) is 3. The van der Waals surface area contributed by atoms with Gasteiger partial charge in [0.25, 0.3) is 5.91 Å². The molecule has 2 fully saturated rings. The van der Waals surface area contributed by atoms with Gasteiger partial charge in [0.15, 0.2) is 0 Å². The Morgan fingerprint density at radius 3 is 2.49 bits per heavy atom. The number of thiophene rings is 1. The van der Waals surface area contributed by atoms with Crippen molar-refractivity contribution < 1.29 is 9.59 Å². The lowest BCUT2D eigenvalue weighted by atomic mass is 9.49. The Morgan fingerprint density at radius 1 is 1.06 bits per heavy atom. The van der Waals surface area contributed by atoms with Gasteiger partial charge in [-0.05, 0) is 47.1 Å². The van der Waals surface area contributed by atoms with Gasteiger partial charge in [-0.15, -0.1) is 11.3 Å². The minimum absolute atomic E-state index is 0.150. The number of fused-ring (bicyclic) bond motifs is 1. The van der Waals surface area contributed by atoms with E-state index in [9.17, 15) is 9.59 Å². The lowest BCUT2D eigenvalue weighted by Crippen LogP contribution is -2.52. The average molecular weight is 492 g/mol. The number of allylic oxidation sites excluding steroid dienone is 1. The molecule has 1 aliphatic heterocycles. The molecule has 1 saturated carbocycles. The molecule has 2 amide bonds. The zero-order valence-electron chi connectivity index (χ0n) is 21.0. The Hall–Kier alpha value is -2.44. The van der Waals surface area contributed by atoms with Crippen LogP contribution in [-0.4, -0.2) is 72.3 Å². The largest absolute Gasteiger partial charge is 0.340 e. The lowest BCUT2D eigenvalue weighted by Gasteiger charge is -2.57. The molecule has 1 saturated heterocycles. The van der Waals surface area contributed by atoms with Crippen LogP contribution < -0.4 is 0 Å². The standard InChI is InChI=1S/C29H37N3O2S/c1-29(2)24-11-10-23(25(29)20-24)21-32(28(34)26-9-6-18-35-26)17-14-30-12-15-31(16-13-30)27(33)19-22-7-4-3-5-8-22/h3-10,18,24-25H,11-17,19-21H2,1-2H3. The van der Waals surface area contributed by atoms with E-state index in [0.29, 0.717) is 17.8 Å². The highest BCUT2D eigenvalue weighted by molar-refractivity contribution is 7.12. The Bertz CT molecular complexity index is 1050. The summed E-state index contributed by atoms with van der Waals surface area (Å²) in [6.45, 7) is 10.3. The highest BCUT2D eigenvalue weighted by atomic mass is 32.1. The molecule has 4 aliphatic rings. The second-order valence-electron chi connectivity index (χ2n) is 10.9. The fourth-order valence-electron chi connectivity index (χ4n) is 6.05. The van der Waals surface area contributed by atoms with E-state index in [4.69, 9.17) is 0 Å². The summed E-state index contributed by atoms with van der Waals surface area (Å²) >= 11 is 1.53. The Kier molecular flexibility index (Phi) is 7.12. The first kappa shape index (κ1) is 24.3. The third-order valence-electron chi connectivity index (χ3n) is 8.58. The van der Waals surface area contributed by atoms with Gasteiger partial charge in [-0.1, -0.05) is 61.9 Å². The predicted octanol–water partition coefficient (Wildman–Crippen LogP) is 4.57. The maximum Gasteiger partial charge on any atom is 0.264 e. The van der Waals surface area contributed by atoms with Gasteiger partial charge >= 0.3 is 0 Å². The van der Waals surface area contributed by atoms with E-state index in [0.717, 1.165) is 68.6 Å². The summed E-state index contributed by atoms with van der Waals surface area (Å²) in [6, 6.07) is 13.9. The maximum atomic E-state index is 13.4. The summed E-state index contributed by atoms with van der Waals surface area (Å²) in [5.74, 6) is 1.77. The molecule has 3 aliphatic carbocycles. The minimum Gasteiger partial charge on any atom is -0.340 e. The van der Waals surface area contributed by atoms with Crippen molar-refractivity contribution in [3.05, 3.63) is 69.9 Å². The topological polar surface area (TPSA) is 43.9 Å². The van der Waals surface area contributed by atoms with Crippen LogP contribution in [0.3, 0.4) is 0 Å². The molecule has 2 bridgehead atoms. The molecule has 186 valence electrons. The smallest absolute Gasteiger partial charge is 0.264 e. The molecule has 0 spiro atoms. The zero-order chi connectivity index (χ0) is 24.4. The molecule has 1 aromatic carbocycles. The second kappa shape index (κ2) is 10.3. The van der Waals surface area contributed by atoms with Crippen molar-refractivity contribution >= 4 is 23.2 Å². The number of hydrogen-bond donors (Lipinski definition) is 0. The summed E-state index contributed by atoms with van der Waals surface area (Å²) < 4.78 is 0. The van der Waals surface area contributed by atoms with Crippen LogP contribution in [0.4, 0.5) is 0 Å². The molecular formula is C29H37N3O2S. The number of carbonyl (C=O) groups excluding carboxylic acids is 2. The van der Waals surface area contributed by atoms with Crippen LogP contribution in [0.2, 0.25) is 0 Å². The Balaban J connectivity index is 1.16. The highest BCUT2D eigenvalue weighted by Gasteiger charge is 2.51. The van der Waals surface area contributed by atoms with Crippen LogP contribution in [0.25, 0.3) is 0 Å². The molecular weight excluding hydrogens is 454 g/mol. The molecule has 2 heterocycles. The van der Waals surface area contributed by atoms with E-state index in [1.54, 1.807) is 0 Å². The third kappa shape index (κ3) is 5.24. The predicted molar refractivity (Wildman–Crippen MR) is 141 cm³/mol. The number of hydrogen-bond acceptors (Lipinski definition) is 4. The molecule has 2 aromatic rings. The van der Waals surface area contributed by atoms with E-state index in [2.05, 4.69) is 29.7 Å². The lowest BCUT2D eigenvalue weighted by molar-refractivity contribution is -0.132. The average Bonchev–Trinajstić information content (AvgIpc) is 3.42. The van der Waals surface area contributed by atoms with Crippen molar-refractivity contribution in [1.82, 2.24) is 14.7 Å². The van der Waals surface area contributed by atoms with Crippen molar-refractivity contribution in [3.8, 4) is 0 Å². The number of piperazine rings is 1. The normalized spacial score (nSPS) is 23.4. The molecule has 6 rings (SSSR count). The summed E-state index contributed by atoms with van der Waals surface area (Å²) in [4.78, 5) is 33.4. The summed E-state index contributed by atoms with van der Waals surface area (Å²) in [7, 11) is 0. The van der Waals surface area contributed by atoms with Crippen molar-refractivity contribution in [2.24, 2.45) is 17.3 Å². The van der Waals surface area contributed by atoms with Crippen LogP contribution in [-0.2, 0) is 11.2 Å².